The quantitative estimate of drug-likeness (QED) is 0.708. The number of amides is 3. The van der Waals surface area contributed by atoms with Crippen molar-refractivity contribution in [3.05, 3.63) is 0 Å². The van der Waals surface area contributed by atoms with Gasteiger partial charge in [0, 0.05) is 32.0 Å². The van der Waals surface area contributed by atoms with Crippen molar-refractivity contribution >= 4 is 17.7 Å². The van der Waals surface area contributed by atoms with Crippen LogP contribution in [0.5, 0.6) is 0 Å². The number of hydrogen-bond donors (Lipinski definition) is 2. The predicted molar refractivity (Wildman–Crippen MR) is 81.7 cm³/mol. The average Bonchev–Trinajstić information content (AvgIpc) is 2.54. The molecule has 0 aliphatic carbocycles. The summed E-state index contributed by atoms with van der Waals surface area (Å²) in [5, 5.41) is 2.68. The van der Waals surface area contributed by atoms with Crippen LogP contribution in [0.15, 0.2) is 0 Å². The molecule has 2 aliphatic rings. The van der Waals surface area contributed by atoms with E-state index in [1.807, 2.05) is 4.90 Å². The van der Waals surface area contributed by atoms with Crippen LogP contribution < -0.4 is 11.1 Å². The van der Waals surface area contributed by atoms with Crippen LogP contribution in [0.4, 0.5) is 0 Å². The van der Waals surface area contributed by atoms with E-state index in [4.69, 9.17) is 5.73 Å². The molecule has 7 heteroatoms. The van der Waals surface area contributed by atoms with E-state index >= 15 is 0 Å². The lowest BCUT2D eigenvalue weighted by molar-refractivity contribution is -0.136. The first-order valence-corrected chi connectivity index (χ1v) is 8.02. The summed E-state index contributed by atoms with van der Waals surface area (Å²) in [6, 6.07) is 0. The average molecular weight is 310 g/mol. The fraction of sp³-hybridized carbons (Fsp3) is 0.800. The molecule has 2 heterocycles. The van der Waals surface area contributed by atoms with Crippen LogP contribution in [0.3, 0.4) is 0 Å². The molecule has 3 N–H and O–H groups in total. The SMILES string of the molecule is CNC(=O)C1CCN(CC(=O)N2CCC(C(N)=O)CC2)CC1. The summed E-state index contributed by atoms with van der Waals surface area (Å²) in [5.74, 6) is -0.0702. The Balaban J connectivity index is 1.72. The summed E-state index contributed by atoms with van der Waals surface area (Å²) in [4.78, 5) is 39.0. The van der Waals surface area contributed by atoms with E-state index in [0.29, 0.717) is 32.5 Å². The Morgan fingerprint density at radius 1 is 1.00 bits per heavy atom. The maximum Gasteiger partial charge on any atom is 0.236 e. The molecule has 2 aliphatic heterocycles. The van der Waals surface area contributed by atoms with Gasteiger partial charge in [-0.1, -0.05) is 0 Å². The van der Waals surface area contributed by atoms with Gasteiger partial charge in [-0.05, 0) is 38.8 Å². The van der Waals surface area contributed by atoms with Gasteiger partial charge in [-0.2, -0.15) is 0 Å². The number of likely N-dealkylation sites (tertiary alicyclic amines) is 2. The molecule has 2 fully saturated rings. The minimum absolute atomic E-state index is 0.0719. The highest BCUT2D eigenvalue weighted by atomic mass is 16.2. The van der Waals surface area contributed by atoms with Gasteiger partial charge < -0.3 is 16.0 Å². The van der Waals surface area contributed by atoms with Crippen LogP contribution in [0, 0.1) is 11.8 Å². The zero-order valence-corrected chi connectivity index (χ0v) is 13.2. The number of hydrogen-bond acceptors (Lipinski definition) is 4. The van der Waals surface area contributed by atoms with Crippen molar-refractivity contribution in [2.45, 2.75) is 25.7 Å². The van der Waals surface area contributed by atoms with Gasteiger partial charge in [-0.3, -0.25) is 19.3 Å². The molecular formula is C15H26N4O3. The minimum Gasteiger partial charge on any atom is -0.369 e. The highest BCUT2D eigenvalue weighted by molar-refractivity contribution is 5.80. The van der Waals surface area contributed by atoms with Crippen LogP contribution >= 0.6 is 0 Å². The fourth-order valence-corrected chi connectivity index (χ4v) is 3.26. The number of carbonyl (C=O) groups excluding carboxylic acids is 3. The Morgan fingerprint density at radius 2 is 1.55 bits per heavy atom. The molecule has 0 saturated carbocycles. The molecule has 0 aromatic carbocycles. The third-order valence-electron chi connectivity index (χ3n) is 4.81. The van der Waals surface area contributed by atoms with Crippen molar-refractivity contribution < 1.29 is 14.4 Å². The number of nitrogens with one attached hydrogen (secondary N) is 1. The van der Waals surface area contributed by atoms with Crippen molar-refractivity contribution in [1.29, 1.82) is 0 Å². The Kier molecular flexibility index (Phi) is 5.76. The van der Waals surface area contributed by atoms with Gasteiger partial charge in [-0.15, -0.1) is 0 Å². The maximum absolute atomic E-state index is 12.3. The van der Waals surface area contributed by atoms with Crippen LogP contribution in [0.25, 0.3) is 0 Å². The minimum atomic E-state index is -0.261. The van der Waals surface area contributed by atoms with Gasteiger partial charge in [0.2, 0.25) is 17.7 Å². The molecule has 124 valence electrons. The van der Waals surface area contributed by atoms with Crippen LogP contribution in [0.1, 0.15) is 25.7 Å². The van der Waals surface area contributed by atoms with E-state index in [1.54, 1.807) is 7.05 Å². The van der Waals surface area contributed by atoms with E-state index in [0.717, 1.165) is 25.9 Å². The van der Waals surface area contributed by atoms with Crippen molar-refractivity contribution in [2.75, 3.05) is 39.8 Å². The lowest BCUT2D eigenvalue weighted by Gasteiger charge is -2.34. The molecule has 0 bridgehead atoms. The van der Waals surface area contributed by atoms with E-state index in [2.05, 4.69) is 10.2 Å². The van der Waals surface area contributed by atoms with Crippen LogP contribution in [-0.4, -0.2) is 67.3 Å². The molecule has 2 rings (SSSR count). The standard InChI is InChI=1S/C15H26N4O3/c1-17-15(22)12-2-6-18(7-3-12)10-13(20)19-8-4-11(5-9-19)14(16)21/h11-12H,2-10H2,1H3,(H2,16,21)(H,17,22). The molecule has 0 aromatic heterocycles. The van der Waals surface area contributed by atoms with Gasteiger partial charge >= 0.3 is 0 Å². The Hall–Kier alpha value is -1.63. The highest BCUT2D eigenvalue weighted by Gasteiger charge is 2.29. The number of carbonyl (C=O) groups is 3. The number of piperidine rings is 2. The van der Waals surface area contributed by atoms with Gasteiger partial charge in [0.1, 0.15) is 0 Å². The third kappa shape index (κ3) is 4.19. The maximum atomic E-state index is 12.3. The number of rotatable bonds is 4. The van der Waals surface area contributed by atoms with Gasteiger partial charge in [0.05, 0.1) is 6.54 Å². The van der Waals surface area contributed by atoms with Crippen molar-refractivity contribution in [3.63, 3.8) is 0 Å². The fourth-order valence-electron chi connectivity index (χ4n) is 3.26. The molecule has 3 amide bonds. The number of nitrogens with zero attached hydrogens (tertiary/aromatic N) is 2. The van der Waals surface area contributed by atoms with E-state index in [1.165, 1.54) is 0 Å². The Bertz CT molecular complexity index is 425. The summed E-state index contributed by atoms with van der Waals surface area (Å²) in [6.07, 6.45) is 2.94. The second-order valence-electron chi connectivity index (χ2n) is 6.22. The predicted octanol–water partition coefficient (Wildman–Crippen LogP) is -0.832. The zero-order chi connectivity index (χ0) is 16.1. The molecule has 0 unspecified atom stereocenters. The van der Waals surface area contributed by atoms with Crippen molar-refractivity contribution in [1.82, 2.24) is 15.1 Å². The topological polar surface area (TPSA) is 95.7 Å². The number of nitrogens with two attached hydrogens (primary N) is 1. The van der Waals surface area contributed by atoms with Crippen LogP contribution in [0.2, 0.25) is 0 Å². The first kappa shape index (κ1) is 16.7. The Labute approximate surface area is 131 Å². The number of primary amides is 1. The monoisotopic (exact) mass is 310 g/mol. The van der Waals surface area contributed by atoms with E-state index in [-0.39, 0.29) is 29.6 Å². The second-order valence-corrected chi connectivity index (χ2v) is 6.22. The lowest BCUT2D eigenvalue weighted by atomic mass is 9.95. The van der Waals surface area contributed by atoms with Gasteiger partial charge in [0.15, 0.2) is 0 Å². The molecule has 7 nitrogen and oxygen atoms in total. The normalized spacial score (nSPS) is 21.6. The molecule has 0 aromatic rings. The summed E-state index contributed by atoms with van der Waals surface area (Å²) in [5.41, 5.74) is 5.30. The van der Waals surface area contributed by atoms with Gasteiger partial charge in [0.25, 0.3) is 0 Å². The third-order valence-corrected chi connectivity index (χ3v) is 4.81. The largest absolute Gasteiger partial charge is 0.369 e. The van der Waals surface area contributed by atoms with Crippen molar-refractivity contribution in [3.8, 4) is 0 Å². The summed E-state index contributed by atoms with van der Waals surface area (Å²) in [7, 11) is 1.66. The molecule has 0 atom stereocenters. The Morgan fingerprint density at radius 3 is 2.05 bits per heavy atom. The first-order chi connectivity index (χ1) is 10.5. The van der Waals surface area contributed by atoms with Crippen molar-refractivity contribution in [2.24, 2.45) is 17.6 Å². The zero-order valence-electron chi connectivity index (χ0n) is 13.2. The lowest BCUT2D eigenvalue weighted by Crippen LogP contribution is -2.48. The second kappa shape index (κ2) is 7.58. The summed E-state index contributed by atoms with van der Waals surface area (Å²) >= 11 is 0. The van der Waals surface area contributed by atoms with Crippen LogP contribution in [-0.2, 0) is 14.4 Å². The molecule has 0 spiro atoms. The molecule has 22 heavy (non-hydrogen) atoms. The van der Waals surface area contributed by atoms with E-state index in [9.17, 15) is 14.4 Å². The summed E-state index contributed by atoms with van der Waals surface area (Å²) < 4.78 is 0. The molecule has 0 radical (unpaired) electrons. The highest BCUT2D eigenvalue weighted by Crippen LogP contribution is 2.19. The van der Waals surface area contributed by atoms with Gasteiger partial charge in [-0.25, -0.2) is 0 Å². The molecule has 2 saturated heterocycles. The smallest absolute Gasteiger partial charge is 0.236 e. The summed E-state index contributed by atoms with van der Waals surface area (Å²) in [6.45, 7) is 3.19. The first-order valence-electron chi connectivity index (χ1n) is 8.02. The molecular weight excluding hydrogens is 284 g/mol. The van der Waals surface area contributed by atoms with E-state index < -0.39 is 0 Å².